The van der Waals surface area contributed by atoms with Gasteiger partial charge < -0.3 is 11.1 Å². The van der Waals surface area contributed by atoms with Crippen molar-refractivity contribution in [2.75, 3.05) is 11.1 Å². The van der Waals surface area contributed by atoms with Gasteiger partial charge >= 0.3 is 0 Å². The molecular formula is C14H11N3O. The average molecular weight is 237 g/mol. The van der Waals surface area contributed by atoms with Crippen LogP contribution in [-0.2, 0) is 0 Å². The van der Waals surface area contributed by atoms with Gasteiger partial charge in [0.1, 0.15) is 0 Å². The molecule has 0 atom stereocenters. The minimum Gasteiger partial charge on any atom is -0.397 e. The van der Waals surface area contributed by atoms with Crippen LogP contribution in [0.15, 0.2) is 42.6 Å². The van der Waals surface area contributed by atoms with Crippen LogP contribution < -0.4 is 11.1 Å². The van der Waals surface area contributed by atoms with Crippen molar-refractivity contribution in [1.82, 2.24) is 4.98 Å². The van der Waals surface area contributed by atoms with E-state index in [1.54, 1.807) is 36.4 Å². The third-order valence-corrected chi connectivity index (χ3v) is 2.34. The average Bonchev–Trinajstić information content (AvgIpc) is 2.39. The van der Waals surface area contributed by atoms with E-state index in [0.29, 0.717) is 16.9 Å². The van der Waals surface area contributed by atoms with Gasteiger partial charge in [-0.25, -0.2) is 4.98 Å². The molecule has 0 aliphatic rings. The first-order valence-corrected chi connectivity index (χ1v) is 5.29. The van der Waals surface area contributed by atoms with Gasteiger partial charge in [-0.15, -0.1) is 6.42 Å². The lowest BCUT2D eigenvalue weighted by molar-refractivity contribution is 0.102. The summed E-state index contributed by atoms with van der Waals surface area (Å²) < 4.78 is 0. The molecule has 18 heavy (non-hydrogen) atoms. The normalized spacial score (nSPS) is 9.50. The molecule has 0 bridgehead atoms. The van der Waals surface area contributed by atoms with Crippen LogP contribution >= 0.6 is 0 Å². The number of carbonyl (C=O) groups excluding carboxylic acids is 1. The number of rotatable bonds is 2. The van der Waals surface area contributed by atoms with Crippen molar-refractivity contribution in [3.8, 4) is 12.3 Å². The van der Waals surface area contributed by atoms with E-state index in [0.717, 1.165) is 0 Å². The van der Waals surface area contributed by atoms with Gasteiger partial charge in [-0.05, 0) is 30.3 Å². The van der Waals surface area contributed by atoms with Crippen molar-refractivity contribution in [1.29, 1.82) is 0 Å². The predicted molar refractivity (Wildman–Crippen MR) is 71.0 cm³/mol. The summed E-state index contributed by atoms with van der Waals surface area (Å²) in [6, 6.07) is 10.3. The molecule has 0 saturated carbocycles. The number of amides is 1. The first-order chi connectivity index (χ1) is 8.70. The van der Waals surface area contributed by atoms with Crippen LogP contribution in [-0.4, -0.2) is 10.9 Å². The third kappa shape index (κ3) is 2.47. The second-order valence-electron chi connectivity index (χ2n) is 3.62. The number of hydrogen-bond donors (Lipinski definition) is 2. The van der Waals surface area contributed by atoms with E-state index in [9.17, 15) is 4.79 Å². The number of aromatic nitrogens is 1. The molecule has 3 N–H and O–H groups in total. The molecule has 4 heteroatoms. The smallest absolute Gasteiger partial charge is 0.276 e. The Labute approximate surface area is 105 Å². The molecule has 1 amide bonds. The fourth-order valence-corrected chi connectivity index (χ4v) is 1.48. The topological polar surface area (TPSA) is 68.0 Å². The van der Waals surface area contributed by atoms with Crippen LogP contribution in [0.4, 0.5) is 11.4 Å². The summed E-state index contributed by atoms with van der Waals surface area (Å²) >= 11 is 0. The van der Waals surface area contributed by atoms with E-state index in [1.165, 1.54) is 6.20 Å². The van der Waals surface area contributed by atoms with Crippen LogP contribution in [0.1, 0.15) is 16.1 Å². The first-order valence-electron chi connectivity index (χ1n) is 5.29. The molecule has 0 aliphatic heterocycles. The van der Waals surface area contributed by atoms with E-state index in [1.807, 2.05) is 0 Å². The van der Waals surface area contributed by atoms with E-state index in [-0.39, 0.29) is 11.6 Å². The fraction of sp³-hybridized carbons (Fsp3) is 0. The van der Waals surface area contributed by atoms with Crippen molar-refractivity contribution in [2.24, 2.45) is 0 Å². The molecule has 2 aromatic rings. The Morgan fingerprint density at radius 2 is 2.17 bits per heavy atom. The highest BCUT2D eigenvalue weighted by molar-refractivity contribution is 6.06. The summed E-state index contributed by atoms with van der Waals surface area (Å²) in [5.41, 5.74) is 7.52. The van der Waals surface area contributed by atoms with Crippen LogP contribution in [0.3, 0.4) is 0 Å². The molecule has 0 spiro atoms. The highest BCUT2D eigenvalue weighted by atomic mass is 16.1. The summed E-state index contributed by atoms with van der Waals surface area (Å²) in [6.07, 6.45) is 6.81. The molecular weight excluding hydrogens is 226 g/mol. The molecule has 0 radical (unpaired) electrons. The van der Waals surface area contributed by atoms with Gasteiger partial charge in [-0.2, -0.15) is 0 Å². The number of nitrogens with two attached hydrogens (primary N) is 1. The number of benzene rings is 1. The molecule has 1 aromatic heterocycles. The van der Waals surface area contributed by atoms with Crippen molar-refractivity contribution < 1.29 is 4.79 Å². The molecule has 2 rings (SSSR count). The second-order valence-corrected chi connectivity index (χ2v) is 3.62. The predicted octanol–water partition coefficient (Wildman–Crippen LogP) is 1.90. The fourth-order valence-electron chi connectivity index (χ4n) is 1.48. The number of anilines is 2. The molecule has 88 valence electrons. The minimum atomic E-state index is -0.359. The quantitative estimate of drug-likeness (QED) is 0.784. The Hall–Kier alpha value is -2.80. The van der Waals surface area contributed by atoms with Crippen molar-refractivity contribution >= 4 is 17.3 Å². The van der Waals surface area contributed by atoms with Gasteiger partial charge in [0.25, 0.3) is 5.91 Å². The Balaban J connectivity index is 2.22. The Morgan fingerprint density at radius 3 is 2.89 bits per heavy atom. The van der Waals surface area contributed by atoms with Crippen molar-refractivity contribution in [2.45, 2.75) is 0 Å². The monoisotopic (exact) mass is 237 g/mol. The molecule has 1 aromatic carbocycles. The largest absolute Gasteiger partial charge is 0.397 e. The number of pyridine rings is 1. The number of hydrogen-bond acceptors (Lipinski definition) is 3. The minimum absolute atomic E-state index is 0.198. The second kappa shape index (κ2) is 5.02. The van der Waals surface area contributed by atoms with E-state index in [2.05, 4.69) is 16.2 Å². The zero-order valence-corrected chi connectivity index (χ0v) is 9.55. The maximum absolute atomic E-state index is 11.9. The maximum Gasteiger partial charge on any atom is 0.276 e. The summed E-state index contributed by atoms with van der Waals surface area (Å²) in [7, 11) is 0. The van der Waals surface area contributed by atoms with Gasteiger partial charge in [0.15, 0.2) is 5.69 Å². The molecule has 0 unspecified atom stereocenters. The maximum atomic E-state index is 11.9. The van der Waals surface area contributed by atoms with E-state index < -0.39 is 0 Å². The molecule has 0 aliphatic carbocycles. The van der Waals surface area contributed by atoms with E-state index >= 15 is 0 Å². The lowest BCUT2D eigenvalue weighted by Crippen LogP contribution is -2.15. The van der Waals surface area contributed by atoms with Crippen LogP contribution in [0.25, 0.3) is 0 Å². The number of nitrogen functional groups attached to an aromatic ring is 1. The molecule has 0 saturated heterocycles. The standard InChI is InChI=1S/C14H11N3O/c1-2-10-5-3-6-11(9-10)17-14(18)13-12(15)7-4-8-16-13/h1,3-9H,15H2,(H,17,18). The van der Waals surface area contributed by atoms with Gasteiger partial charge in [0, 0.05) is 17.4 Å². The SMILES string of the molecule is C#Cc1cccc(NC(=O)c2ncccc2N)c1. The van der Waals surface area contributed by atoms with Crippen LogP contribution in [0, 0.1) is 12.3 Å². The summed E-state index contributed by atoms with van der Waals surface area (Å²) in [6.45, 7) is 0. The Morgan fingerprint density at radius 1 is 1.33 bits per heavy atom. The summed E-state index contributed by atoms with van der Waals surface area (Å²) in [5, 5.41) is 2.70. The molecule has 4 nitrogen and oxygen atoms in total. The van der Waals surface area contributed by atoms with Crippen molar-refractivity contribution in [3.63, 3.8) is 0 Å². The highest BCUT2D eigenvalue weighted by Crippen LogP contribution is 2.13. The molecule has 1 heterocycles. The Bertz CT molecular complexity index is 629. The van der Waals surface area contributed by atoms with Crippen LogP contribution in [0.5, 0.6) is 0 Å². The molecule has 0 fully saturated rings. The lowest BCUT2D eigenvalue weighted by Gasteiger charge is -2.06. The zero-order chi connectivity index (χ0) is 13.0. The first kappa shape index (κ1) is 11.7. The number of nitrogens with one attached hydrogen (secondary N) is 1. The van der Waals surface area contributed by atoms with Gasteiger partial charge in [0.2, 0.25) is 0 Å². The number of terminal acetylenes is 1. The Kier molecular flexibility index (Phi) is 3.26. The van der Waals surface area contributed by atoms with Gasteiger partial charge in [0.05, 0.1) is 5.69 Å². The summed E-state index contributed by atoms with van der Waals surface area (Å²) in [5.74, 6) is 2.14. The van der Waals surface area contributed by atoms with Crippen LogP contribution in [0.2, 0.25) is 0 Å². The number of nitrogens with zero attached hydrogens (tertiary/aromatic N) is 1. The summed E-state index contributed by atoms with van der Waals surface area (Å²) in [4.78, 5) is 15.9. The van der Waals surface area contributed by atoms with Crippen molar-refractivity contribution in [3.05, 3.63) is 53.9 Å². The van der Waals surface area contributed by atoms with E-state index in [4.69, 9.17) is 12.2 Å². The van der Waals surface area contributed by atoms with Gasteiger partial charge in [-0.3, -0.25) is 4.79 Å². The third-order valence-electron chi connectivity index (χ3n) is 2.34. The lowest BCUT2D eigenvalue weighted by atomic mass is 10.2. The van der Waals surface area contributed by atoms with Gasteiger partial charge in [-0.1, -0.05) is 12.0 Å². The number of carbonyl (C=O) groups is 1. The highest BCUT2D eigenvalue weighted by Gasteiger charge is 2.10. The zero-order valence-electron chi connectivity index (χ0n) is 9.55.